The molecule has 3 N–H and O–H groups in total. The van der Waals surface area contributed by atoms with Gasteiger partial charge in [0.2, 0.25) is 5.91 Å². The molecule has 0 aromatic rings. The molecule has 0 spiro atoms. The molecule has 18 heavy (non-hydrogen) atoms. The highest BCUT2D eigenvalue weighted by molar-refractivity contribution is 5.78. The number of aliphatic hydroxyl groups is 1. The Morgan fingerprint density at radius 1 is 1.44 bits per heavy atom. The number of hydrogen-bond donors (Lipinski definition) is 3. The van der Waals surface area contributed by atoms with E-state index in [0.717, 1.165) is 13.1 Å². The number of nitrogens with one attached hydrogen (secondary N) is 1. The van der Waals surface area contributed by atoms with Crippen LogP contribution in [0.2, 0.25) is 0 Å². The first-order chi connectivity index (χ1) is 8.49. The van der Waals surface area contributed by atoms with Crippen LogP contribution in [0.15, 0.2) is 0 Å². The zero-order valence-electron chi connectivity index (χ0n) is 10.8. The lowest BCUT2D eigenvalue weighted by Gasteiger charge is -2.33. The van der Waals surface area contributed by atoms with Gasteiger partial charge in [0.15, 0.2) is 0 Å². The first-order valence-electron chi connectivity index (χ1n) is 6.38. The second kappa shape index (κ2) is 7.33. The van der Waals surface area contributed by atoms with Gasteiger partial charge in [-0.15, -0.1) is 0 Å². The molecule has 1 aliphatic rings. The minimum atomic E-state index is -0.844. The van der Waals surface area contributed by atoms with Crippen molar-refractivity contribution in [1.29, 1.82) is 0 Å². The van der Waals surface area contributed by atoms with Gasteiger partial charge in [-0.2, -0.15) is 0 Å². The van der Waals surface area contributed by atoms with Crippen LogP contribution in [-0.4, -0.2) is 59.3 Å². The second-order valence-corrected chi connectivity index (χ2v) is 4.92. The number of aliphatic hydroxyl groups excluding tert-OH is 1. The van der Waals surface area contributed by atoms with E-state index in [1.54, 1.807) is 0 Å². The van der Waals surface area contributed by atoms with Gasteiger partial charge in [0.1, 0.15) is 0 Å². The van der Waals surface area contributed by atoms with Crippen LogP contribution in [0.1, 0.15) is 26.2 Å². The van der Waals surface area contributed by atoms with E-state index < -0.39 is 5.97 Å². The first kappa shape index (κ1) is 14.9. The van der Waals surface area contributed by atoms with Crippen LogP contribution in [0, 0.1) is 5.92 Å². The van der Waals surface area contributed by atoms with Gasteiger partial charge in [-0.05, 0) is 18.8 Å². The lowest BCUT2D eigenvalue weighted by molar-refractivity contribution is -0.137. The summed E-state index contributed by atoms with van der Waals surface area (Å²) >= 11 is 0. The maximum Gasteiger partial charge on any atom is 0.303 e. The van der Waals surface area contributed by atoms with Crippen LogP contribution < -0.4 is 5.32 Å². The van der Waals surface area contributed by atoms with Gasteiger partial charge in [-0.1, -0.05) is 6.92 Å². The molecular formula is C12H22N2O4. The Bertz CT molecular complexity index is 296. The summed E-state index contributed by atoms with van der Waals surface area (Å²) in [6, 6.07) is 0. The van der Waals surface area contributed by atoms with Gasteiger partial charge in [0, 0.05) is 26.1 Å². The van der Waals surface area contributed by atoms with Gasteiger partial charge in [0.05, 0.1) is 12.6 Å². The number of carboxylic acids is 1. The lowest BCUT2D eigenvalue weighted by Crippen LogP contribution is -2.46. The van der Waals surface area contributed by atoms with Crippen molar-refractivity contribution in [3.63, 3.8) is 0 Å². The zero-order valence-corrected chi connectivity index (χ0v) is 10.8. The van der Waals surface area contributed by atoms with Gasteiger partial charge < -0.3 is 15.5 Å². The molecule has 1 heterocycles. The molecule has 0 saturated carbocycles. The largest absolute Gasteiger partial charge is 0.481 e. The van der Waals surface area contributed by atoms with Crippen LogP contribution in [0.4, 0.5) is 0 Å². The summed E-state index contributed by atoms with van der Waals surface area (Å²) in [7, 11) is 0. The van der Waals surface area contributed by atoms with E-state index in [1.165, 1.54) is 0 Å². The highest BCUT2D eigenvalue weighted by Crippen LogP contribution is 2.15. The number of nitrogens with zero attached hydrogens (tertiary/aromatic N) is 1. The van der Waals surface area contributed by atoms with Crippen LogP contribution in [0.5, 0.6) is 0 Å². The fraction of sp³-hybridized carbons (Fsp3) is 0.833. The number of carbonyl (C=O) groups excluding carboxylic acids is 1. The molecule has 6 nitrogen and oxygen atoms in total. The third kappa shape index (κ3) is 5.46. The minimum Gasteiger partial charge on any atom is -0.481 e. The summed E-state index contributed by atoms with van der Waals surface area (Å²) < 4.78 is 0. The molecule has 0 aromatic heterocycles. The van der Waals surface area contributed by atoms with E-state index in [2.05, 4.69) is 5.32 Å². The highest BCUT2D eigenvalue weighted by atomic mass is 16.4. The number of aliphatic carboxylic acids is 1. The number of hydrogen-bond acceptors (Lipinski definition) is 4. The highest BCUT2D eigenvalue weighted by Gasteiger charge is 2.25. The molecule has 0 aromatic carbocycles. The summed E-state index contributed by atoms with van der Waals surface area (Å²) in [5.74, 6) is -0.731. The molecular weight excluding hydrogens is 236 g/mol. The van der Waals surface area contributed by atoms with Crippen molar-refractivity contribution in [2.24, 2.45) is 5.92 Å². The van der Waals surface area contributed by atoms with Crippen molar-refractivity contribution in [3.05, 3.63) is 0 Å². The fourth-order valence-corrected chi connectivity index (χ4v) is 2.09. The Balaban J connectivity index is 2.14. The molecule has 0 radical (unpaired) electrons. The quantitative estimate of drug-likeness (QED) is 0.568. The normalized spacial score (nSPS) is 24.8. The number of piperidine rings is 1. The molecule has 0 aliphatic carbocycles. The Kier molecular flexibility index (Phi) is 6.07. The fourth-order valence-electron chi connectivity index (χ4n) is 2.09. The molecule has 1 fully saturated rings. The van der Waals surface area contributed by atoms with E-state index in [1.807, 2.05) is 11.8 Å². The van der Waals surface area contributed by atoms with E-state index >= 15 is 0 Å². The summed E-state index contributed by atoms with van der Waals surface area (Å²) in [6.07, 6.45) is 0.969. The smallest absolute Gasteiger partial charge is 0.303 e. The molecule has 2 unspecified atom stereocenters. The van der Waals surface area contributed by atoms with Crippen molar-refractivity contribution in [2.45, 2.75) is 32.3 Å². The van der Waals surface area contributed by atoms with Crippen LogP contribution in [-0.2, 0) is 9.59 Å². The minimum absolute atomic E-state index is 0.0766. The summed E-state index contributed by atoms with van der Waals surface area (Å²) in [5, 5.41) is 20.7. The Labute approximate surface area is 107 Å². The zero-order chi connectivity index (χ0) is 13.5. The van der Waals surface area contributed by atoms with E-state index in [0.29, 0.717) is 25.9 Å². The van der Waals surface area contributed by atoms with Crippen LogP contribution in [0.25, 0.3) is 0 Å². The Morgan fingerprint density at radius 3 is 2.78 bits per heavy atom. The Hall–Kier alpha value is -1.14. The van der Waals surface area contributed by atoms with E-state index in [4.69, 9.17) is 5.11 Å². The molecule has 1 amide bonds. The van der Waals surface area contributed by atoms with Crippen LogP contribution >= 0.6 is 0 Å². The van der Waals surface area contributed by atoms with E-state index in [-0.39, 0.29) is 24.3 Å². The monoisotopic (exact) mass is 258 g/mol. The number of rotatable bonds is 6. The number of amides is 1. The van der Waals surface area contributed by atoms with Crippen molar-refractivity contribution >= 4 is 11.9 Å². The predicted octanol–water partition coefficient (Wildman–Crippen LogP) is -0.330. The molecule has 2 atom stereocenters. The third-order valence-electron chi connectivity index (χ3n) is 3.20. The lowest BCUT2D eigenvalue weighted by atomic mass is 9.97. The maximum atomic E-state index is 11.6. The average molecular weight is 258 g/mol. The van der Waals surface area contributed by atoms with Gasteiger partial charge >= 0.3 is 5.97 Å². The van der Waals surface area contributed by atoms with Gasteiger partial charge in [0.25, 0.3) is 0 Å². The standard InChI is InChI=1S/C12H22N2O4/c1-9-7-14(6-4-10(9)15)8-11(16)13-5-2-3-12(17)18/h9-10,15H,2-8H2,1H3,(H,13,16)(H,17,18). The molecule has 104 valence electrons. The van der Waals surface area contributed by atoms with Gasteiger partial charge in [-0.3, -0.25) is 14.5 Å². The average Bonchev–Trinajstić information content (AvgIpc) is 2.29. The number of carbonyl (C=O) groups is 2. The SMILES string of the molecule is CC1CN(CC(=O)NCCCC(=O)O)CCC1O. The molecule has 0 bridgehead atoms. The summed E-state index contributed by atoms with van der Waals surface area (Å²) in [5.41, 5.74) is 0. The van der Waals surface area contributed by atoms with Crippen molar-refractivity contribution in [2.75, 3.05) is 26.2 Å². The predicted molar refractivity (Wildman–Crippen MR) is 66.1 cm³/mol. The second-order valence-electron chi connectivity index (χ2n) is 4.92. The third-order valence-corrected chi connectivity index (χ3v) is 3.20. The summed E-state index contributed by atoms with van der Waals surface area (Å²) in [6.45, 7) is 4.15. The molecule has 1 saturated heterocycles. The van der Waals surface area contributed by atoms with Crippen molar-refractivity contribution < 1.29 is 19.8 Å². The molecule has 6 heteroatoms. The summed E-state index contributed by atoms with van der Waals surface area (Å²) in [4.78, 5) is 23.9. The number of carboxylic acid groups (broad SMARTS) is 1. The van der Waals surface area contributed by atoms with Crippen molar-refractivity contribution in [1.82, 2.24) is 10.2 Å². The van der Waals surface area contributed by atoms with Crippen LogP contribution in [0.3, 0.4) is 0 Å². The number of likely N-dealkylation sites (tertiary alicyclic amines) is 1. The Morgan fingerprint density at radius 2 is 2.17 bits per heavy atom. The maximum absolute atomic E-state index is 11.6. The topological polar surface area (TPSA) is 89.9 Å². The molecule has 1 rings (SSSR count). The van der Waals surface area contributed by atoms with Gasteiger partial charge in [-0.25, -0.2) is 0 Å². The van der Waals surface area contributed by atoms with E-state index in [9.17, 15) is 14.7 Å². The first-order valence-corrected chi connectivity index (χ1v) is 6.38. The van der Waals surface area contributed by atoms with Crippen molar-refractivity contribution in [3.8, 4) is 0 Å². The molecule has 1 aliphatic heterocycles.